The predicted octanol–water partition coefficient (Wildman–Crippen LogP) is 1.19. The van der Waals surface area contributed by atoms with Crippen LogP contribution in [0.2, 0.25) is 0 Å². The van der Waals surface area contributed by atoms with E-state index in [-0.39, 0.29) is 0 Å². The van der Waals surface area contributed by atoms with Gasteiger partial charge in [0.1, 0.15) is 0 Å². The van der Waals surface area contributed by atoms with Gasteiger partial charge < -0.3 is 0 Å². The molecule has 5 heteroatoms. The van der Waals surface area contributed by atoms with Crippen LogP contribution in [0.25, 0.3) is 0 Å². The van der Waals surface area contributed by atoms with Crippen LogP contribution in [0.1, 0.15) is 0 Å². The summed E-state index contributed by atoms with van der Waals surface area (Å²) in [6.07, 6.45) is 0. The molecule has 0 amide bonds. The van der Waals surface area contributed by atoms with Gasteiger partial charge in [0.2, 0.25) is 0 Å². The molecule has 0 aliphatic carbocycles. The van der Waals surface area contributed by atoms with Crippen molar-refractivity contribution in [2.75, 3.05) is 14.2 Å². The fourth-order valence-corrected chi connectivity index (χ4v) is 0.654. The molecule has 0 aliphatic heterocycles. The second-order valence-corrected chi connectivity index (χ2v) is 16.2. The Bertz CT molecular complexity index is 51.7. The Morgan fingerprint density at radius 2 is 1.43 bits per heavy atom. The van der Waals surface area contributed by atoms with Crippen molar-refractivity contribution in [3.05, 3.63) is 0 Å². The maximum absolute atomic E-state index is 5.44. The predicted molar refractivity (Wildman–Crippen MR) is 31.5 cm³/mol. The third-order valence-corrected chi connectivity index (χ3v) is 8.57. The van der Waals surface area contributed by atoms with E-state index >= 15 is 0 Å². The molecule has 2 nitrogen and oxygen atoms in total. The van der Waals surface area contributed by atoms with E-state index in [9.17, 15) is 0 Å². The molecule has 0 aliphatic rings. The zero-order valence-electron chi connectivity index (χ0n) is 4.02. The Morgan fingerprint density at radius 1 is 1.14 bits per heavy atom. The molecule has 0 N–H and O–H groups in total. The Morgan fingerprint density at radius 3 is 1.43 bits per heavy atom. The molecule has 1 radical (unpaired) electrons. The molecule has 0 bridgehead atoms. The molecular weight excluding hydrogens is 336 g/mol. The molecule has 0 aromatic carbocycles. The SMILES string of the molecule is C[O][Bi]([Cl])([Cl])[O]C. The minimum absolute atomic E-state index is 1.45. The summed E-state index contributed by atoms with van der Waals surface area (Å²) >= 11 is -3.39. The van der Waals surface area contributed by atoms with Crippen LogP contribution < -0.4 is 0 Å². The third kappa shape index (κ3) is 3.92. The van der Waals surface area contributed by atoms with Crippen molar-refractivity contribution in [3.63, 3.8) is 0 Å². The Hall–Kier alpha value is 1.38. The molecular formula is C2H6BiCl2O2. The molecule has 0 unspecified atom stereocenters. The summed E-state index contributed by atoms with van der Waals surface area (Å²) in [7, 11) is 13.8. The van der Waals surface area contributed by atoms with E-state index in [0.29, 0.717) is 0 Å². The van der Waals surface area contributed by atoms with Crippen LogP contribution in [-0.4, -0.2) is 33.0 Å². The van der Waals surface area contributed by atoms with Gasteiger partial charge in [0.15, 0.2) is 0 Å². The monoisotopic (exact) mass is 341 g/mol. The van der Waals surface area contributed by atoms with Gasteiger partial charge in [-0.05, 0) is 0 Å². The van der Waals surface area contributed by atoms with E-state index in [4.69, 9.17) is 17.0 Å². The average Bonchev–Trinajstić information content (AvgIpc) is 1.68. The Balaban J connectivity index is 3.36. The molecule has 0 spiro atoms. The van der Waals surface area contributed by atoms with Gasteiger partial charge in [-0.1, -0.05) is 0 Å². The van der Waals surface area contributed by atoms with Gasteiger partial charge in [-0.3, -0.25) is 0 Å². The Kier molecular flexibility index (Phi) is 4.09. The van der Waals surface area contributed by atoms with Crippen LogP contribution >= 0.6 is 17.0 Å². The molecule has 7 heavy (non-hydrogen) atoms. The van der Waals surface area contributed by atoms with E-state index in [0.717, 1.165) is 0 Å². The van der Waals surface area contributed by atoms with Crippen molar-refractivity contribution in [2.24, 2.45) is 0 Å². The van der Waals surface area contributed by atoms with Crippen molar-refractivity contribution < 1.29 is 5.63 Å². The van der Waals surface area contributed by atoms with Crippen molar-refractivity contribution in [1.82, 2.24) is 0 Å². The summed E-state index contributed by atoms with van der Waals surface area (Å²) in [5.74, 6) is 0. The van der Waals surface area contributed by atoms with Gasteiger partial charge >= 0.3 is 55.6 Å². The fraction of sp³-hybridized carbons (Fsp3) is 1.00. The topological polar surface area (TPSA) is 18.5 Å². The molecule has 0 heterocycles. The van der Waals surface area contributed by atoms with E-state index < -0.39 is 18.8 Å². The van der Waals surface area contributed by atoms with Gasteiger partial charge in [0.25, 0.3) is 0 Å². The first-order chi connectivity index (χ1) is 3.12. The van der Waals surface area contributed by atoms with Gasteiger partial charge in [-0.25, -0.2) is 0 Å². The zero-order chi connectivity index (χ0) is 5.91. The summed E-state index contributed by atoms with van der Waals surface area (Å²) in [5.41, 5.74) is 0. The molecule has 0 aromatic rings. The van der Waals surface area contributed by atoms with E-state index in [1.165, 1.54) is 14.2 Å². The van der Waals surface area contributed by atoms with Crippen molar-refractivity contribution >= 4 is 35.8 Å². The maximum atomic E-state index is 5.44. The first kappa shape index (κ1) is 8.38. The van der Waals surface area contributed by atoms with Crippen LogP contribution in [-0.2, 0) is 5.63 Å². The van der Waals surface area contributed by atoms with Crippen molar-refractivity contribution in [1.29, 1.82) is 0 Å². The molecule has 0 aromatic heterocycles. The van der Waals surface area contributed by atoms with Crippen LogP contribution in [0.15, 0.2) is 0 Å². The average molecular weight is 342 g/mol. The molecule has 45 valence electrons. The number of rotatable bonds is 2. The summed E-state index contributed by atoms with van der Waals surface area (Å²) < 4.78 is 9.22. The first-order valence-electron chi connectivity index (χ1n) is 1.52. The first-order valence-corrected chi connectivity index (χ1v) is 12.9. The normalized spacial score (nSPS) is 12.0. The number of halogens is 2. The van der Waals surface area contributed by atoms with Crippen LogP contribution in [0.3, 0.4) is 0 Å². The molecule has 0 saturated heterocycles. The van der Waals surface area contributed by atoms with Crippen LogP contribution in [0.4, 0.5) is 0 Å². The van der Waals surface area contributed by atoms with E-state index in [1.54, 1.807) is 0 Å². The molecule has 0 rings (SSSR count). The molecule has 0 saturated carbocycles. The van der Waals surface area contributed by atoms with Crippen molar-refractivity contribution in [2.45, 2.75) is 0 Å². The third-order valence-electron chi connectivity index (χ3n) is 0.425. The Labute approximate surface area is 55.4 Å². The van der Waals surface area contributed by atoms with Gasteiger partial charge in [-0.2, -0.15) is 0 Å². The molecule has 0 atom stereocenters. The van der Waals surface area contributed by atoms with Gasteiger partial charge in [0.05, 0.1) is 0 Å². The summed E-state index contributed by atoms with van der Waals surface area (Å²) in [6.45, 7) is 0. The van der Waals surface area contributed by atoms with Crippen LogP contribution in [0.5, 0.6) is 0 Å². The quantitative estimate of drug-likeness (QED) is 0.702. The van der Waals surface area contributed by atoms with E-state index in [2.05, 4.69) is 5.63 Å². The zero-order valence-corrected chi connectivity index (χ0v) is 9.01. The minimum atomic E-state index is -3.39. The summed E-state index contributed by atoms with van der Waals surface area (Å²) in [5, 5.41) is 0. The number of hydrogen-bond acceptors (Lipinski definition) is 2. The van der Waals surface area contributed by atoms with Gasteiger partial charge in [-0.15, -0.1) is 0 Å². The van der Waals surface area contributed by atoms with Crippen molar-refractivity contribution in [3.8, 4) is 0 Å². The second kappa shape index (κ2) is 3.42. The standard InChI is InChI=1S/2CH3O.Bi.2ClH/c2*1-2;;;/h2*1H3;;2*1H/q2*-1;+4;;/p-2. The fourth-order valence-electron chi connectivity index (χ4n) is 0.0745. The molecule has 0 fully saturated rings. The van der Waals surface area contributed by atoms with Crippen LogP contribution in [0, 0.1) is 0 Å². The second-order valence-electron chi connectivity index (χ2n) is 0.780. The summed E-state index contributed by atoms with van der Waals surface area (Å²) in [6, 6.07) is 0. The summed E-state index contributed by atoms with van der Waals surface area (Å²) in [4.78, 5) is 0. The van der Waals surface area contributed by atoms with Gasteiger partial charge in [0, 0.05) is 0 Å². The van der Waals surface area contributed by atoms with E-state index in [1.807, 2.05) is 0 Å². The number of hydrogen-bond donors (Lipinski definition) is 0.